The summed E-state index contributed by atoms with van der Waals surface area (Å²) < 4.78 is 20.7. The summed E-state index contributed by atoms with van der Waals surface area (Å²) in [7, 11) is 3.10. The van der Waals surface area contributed by atoms with Gasteiger partial charge in [0.2, 0.25) is 0 Å². The Kier molecular flexibility index (Phi) is 8.59. The molecule has 0 N–H and O–H groups in total. The molecule has 0 bridgehead atoms. The topological polar surface area (TPSA) is 84.1 Å². The van der Waals surface area contributed by atoms with E-state index in [1.54, 1.807) is 49.8 Å². The van der Waals surface area contributed by atoms with E-state index in [9.17, 15) is 9.59 Å². The van der Waals surface area contributed by atoms with Crippen molar-refractivity contribution in [3.8, 4) is 11.5 Å². The molecule has 0 aliphatic carbocycles. The second-order valence-corrected chi connectivity index (χ2v) is 12.2. The predicted molar refractivity (Wildman–Crippen MR) is 177 cm³/mol. The smallest absolute Gasteiger partial charge is 0.338 e. The van der Waals surface area contributed by atoms with Gasteiger partial charge in [0.05, 0.1) is 46.7 Å². The molecular formula is C34H29Cl2N3O5S. The molecule has 0 spiro atoms. The summed E-state index contributed by atoms with van der Waals surface area (Å²) >= 11 is 13.7. The number of carbonyl (C=O) groups excluding carboxylic acids is 1. The SMILES string of the molecule is CCOC(=O)C1=C(C)N=c2s/c(=C/c3cn(Cc4ccc(Cl)c(Cl)c4)c4ccccc34)c(=O)n2[C@@H]1c1ccc(OC)cc1OC. The van der Waals surface area contributed by atoms with Crippen LogP contribution in [0.25, 0.3) is 17.0 Å². The number of hydrogen-bond donors (Lipinski definition) is 0. The predicted octanol–water partition coefficient (Wildman–Crippen LogP) is 6.13. The number of aromatic nitrogens is 2. The van der Waals surface area contributed by atoms with Crippen molar-refractivity contribution in [3.05, 3.63) is 125 Å². The van der Waals surface area contributed by atoms with Crippen LogP contribution in [0.3, 0.4) is 0 Å². The number of esters is 1. The summed E-state index contributed by atoms with van der Waals surface area (Å²) in [6.07, 6.45) is 3.90. The lowest BCUT2D eigenvalue weighted by molar-refractivity contribution is -0.139. The van der Waals surface area contributed by atoms with Crippen LogP contribution >= 0.6 is 34.5 Å². The lowest BCUT2D eigenvalue weighted by atomic mass is 9.95. The lowest BCUT2D eigenvalue weighted by Gasteiger charge is -2.26. The number of thiazole rings is 1. The van der Waals surface area contributed by atoms with E-state index in [1.165, 1.54) is 18.4 Å². The van der Waals surface area contributed by atoms with Crippen LogP contribution in [0.4, 0.5) is 0 Å². The highest BCUT2D eigenvalue weighted by molar-refractivity contribution is 7.07. The fourth-order valence-electron chi connectivity index (χ4n) is 5.63. The van der Waals surface area contributed by atoms with Gasteiger partial charge in [-0.1, -0.05) is 58.8 Å². The Balaban J connectivity index is 1.53. The van der Waals surface area contributed by atoms with Gasteiger partial charge in [-0.3, -0.25) is 9.36 Å². The first-order chi connectivity index (χ1) is 21.7. The minimum absolute atomic E-state index is 0.179. The van der Waals surface area contributed by atoms with Gasteiger partial charge in [-0.15, -0.1) is 0 Å². The number of benzene rings is 3. The Bertz CT molecular complexity index is 2180. The van der Waals surface area contributed by atoms with Gasteiger partial charge >= 0.3 is 5.97 Å². The van der Waals surface area contributed by atoms with Crippen LogP contribution in [0.5, 0.6) is 11.5 Å². The zero-order valence-corrected chi connectivity index (χ0v) is 27.3. The molecule has 0 saturated carbocycles. The fraction of sp³-hybridized carbons (Fsp3) is 0.206. The molecule has 0 saturated heterocycles. The van der Waals surface area contributed by atoms with Crippen LogP contribution in [-0.4, -0.2) is 35.9 Å². The minimum atomic E-state index is -0.820. The first-order valence-corrected chi connectivity index (χ1v) is 15.7. The zero-order chi connectivity index (χ0) is 31.8. The maximum atomic E-state index is 14.3. The Morgan fingerprint density at radius 1 is 1.04 bits per heavy atom. The van der Waals surface area contributed by atoms with Gasteiger partial charge in [0.15, 0.2) is 4.80 Å². The second-order valence-electron chi connectivity index (χ2n) is 10.4. The van der Waals surface area contributed by atoms with Gasteiger partial charge in [0, 0.05) is 40.8 Å². The highest BCUT2D eigenvalue weighted by atomic mass is 35.5. The zero-order valence-electron chi connectivity index (χ0n) is 25.0. The normalized spacial score (nSPS) is 14.8. The molecule has 0 unspecified atom stereocenters. The van der Waals surface area contributed by atoms with E-state index in [4.69, 9.17) is 42.4 Å². The number of hydrogen-bond acceptors (Lipinski definition) is 7. The Morgan fingerprint density at radius 2 is 1.84 bits per heavy atom. The molecule has 11 heteroatoms. The van der Waals surface area contributed by atoms with Crippen molar-refractivity contribution in [1.29, 1.82) is 0 Å². The Morgan fingerprint density at radius 3 is 2.58 bits per heavy atom. The number of para-hydroxylation sites is 1. The molecule has 230 valence electrons. The molecule has 6 rings (SSSR count). The van der Waals surface area contributed by atoms with Crippen molar-refractivity contribution >= 4 is 57.5 Å². The van der Waals surface area contributed by atoms with E-state index in [2.05, 4.69) is 4.57 Å². The number of rotatable bonds is 8. The van der Waals surface area contributed by atoms with E-state index < -0.39 is 12.0 Å². The van der Waals surface area contributed by atoms with Crippen LogP contribution in [0, 0.1) is 0 Å². The third kappa shape index (κ3) is 5.67. The average Bonchev–Trinajstić information content (AvgIpc) is 3.54. The first-order valence-electron chi connectivity index (χ1n) is 14.2. The molecule has 0 fully saturated rings. The van der Waals surface area contributed by atoms with E-state index in [-0.39, 0.29) is 17.7 Å². The molecular weight excluding hydrogens is 633 g/mol. The molecule has 0 radical (unpaired) electrons. The average molecular weight is 663 g/mol. The van der Waals surface area contributed by atoms with E-state index in [1.807, 2.05) is 48.7 Å². The molecule has 1 atom stereocenters. The third-order valence-electron chi connectivity index (χ3n) is 7.70. The van der Waals surface area contributed by atoms with Gasteiger partial charge in [-0.2, -0.15) is 0 Å². The van der Waals surface area contributed by atoms with Crippen LogP contribution in [-0.2, 0) is 16.1 Å². The van der Waals surface area contributed by atoms with Crippen molar-refractivity contribution < 1.29 is 19.0 Å². The third-order valence-corrected chi connectivity index (χ3v) is 9.42. The largest absolute Gasteiger partial charge is 0.497 e. The summed E-state index contributed by atoms with van der Waals surface area (Å²) in [6.45, 7) is 4.23. The van der Waals surface area contributed by atoms with Gasteiger partial charge in [-0.05, 0) is 55.8 Å². The van der Waals surface area contributed by atoms with E-state index >= 15 is 0 Å². The number of ether oxygens (including phenoxy) is 3. The fourth-order valence-corrected chi connectivity index (χ4v) is 6.99. The lowest BCUT2D eigenvalue weighted by Crippen LogP contribution is -2.40. The molecule has 8 nitrogen and oxygen atoms in total. The Labute approximate surface area is 273 Å². The highest BCUT2D eigenvalue weighted by Crippen LogP contribution is 2.37. The maximum Gasteiger partial charge on any atom is 0.338 e. The van der Waals surface area contributed by atoms with Crippen LogP contribution < -0.4 is 24.4 Å². The summed E-state index contributed by atoms with van der Waals surface area (Å²) in [6, 6.07) is 18.1. The van der Waals surface area contributed by atoms with Crippen LogP contribution in [0.15, 0.2) is 87.9 Å². The number of carbonyl (C=O) groups is 1. The minimum Gasteiger partial charge on any atom is -0.497 e. The molecule has 5 aromatic rings. The highest BCUT2D eigenvalue weighted by Gasteiger charge is 2.35. The first kappa shape index (κ1) is 30.7. The quantitative estimate of drug-likeness (QED) is 0.187. The van der Waals surface area contributed by atoms with Crippen molar-refractivity contribution in [2.24, 2.45) is 4.99 Å². The molecule has 1 aliphatic heterocycles. The van der Waals surface area contributed by atoms with Crippen molar-refractivity contribution in [1.82, 2.24) is 9.13 Å². The molecule has 45 heavy (non-hydrogen) atoms. The molecule has 0 amide bonds. The standard InChI is InChI=1S/C34H29Cl2N3O5S/c1-5-44-33(41)30-19(2)37-34-39(31(30)24-12-11-22(42-3)16-28(24)43-4)32(40)29(45-34)15-21-18-38(27-9-7-6-8-23(21)27)17-20-10-13-25(35)26(36)14-20/h6-16,18,31H,5,17H2,1-4H3/b29-15+/t31-/m1/s1. The summed E-state index contributed by atoms with van der Waals surface area (Å²) in [5.41, 5.74) is 3.95. The van der Waals surface area contributed by atoms with E-state index in [0.29, 0.717) is 48.7 Å². The van der Waals surface area contributed by atoms with E-state index in [0.717, 1.165) is 22.0 Å². The van der Waals surface area contributed by atoms with Crippen LogP contribution in [0.1, 0.15) is 36.6 Å². The Hall–Kier alpha value is -4.31. The molecule has 3 heterocycles. The summed E-state index contributed by atoms with van der Waals surface area (Å²) in [5.74, 6) is 0.510. The van der Waals surface area contributed by atoms with Crippen molar-refractivity contribution in [2.75, 3.05) is 20.8 Å². The number of fused-ring (bicyclic) bond motifs is 2. The monoisotopic (exact) mass is 661 g/mol. The molecule has 1 aliphatic rings. The summed E-state index contributed by atoms with van der Waals surface area (Å²) in [4.78, 5) is 32.8. The van der Waals surface area contributed by atoms with Gasteiger partial charge in [-0.25, -0.2) is 9.79 Å². The van der Waals surface area contributed by atoms with Gasteiger partial charge < -0.3 is 18.8 Å². The van der Waals surface area contributed by atoms with Crippen molar-refractivity contribution in [2.45, 2.75) is 26.4 Å². The van der Waals surface area contributed by atoms with Crippen molar-refractivity contribution in [3.63, 3.8) is 0 Å². The number of methoxy groups -OCH3 is 2. The van der Waals surface area contributed by atoms with Gasteiger partial charge in [0.1, 0.15) is 17.5 Å². The number of nitrogens with zero attached hydrogens (tertiary/aromatic N) is 3. The molecule has 2 aromatic heterocycles. The second kappa shape index (κ2) is 12.6. The number of allylic oxidation sites excluding steroid dienone is 1. The summed E-state index contributed by atoms with van der Waals surface area (Å²) in [5, 5.41) is 1.98. The van der Waals surface area contributed by atoms with Gasteiger partial charge in [0.25, 0.3) is 5.56 Å². The molecule has 3 aromatic carbocycles. The van der Waals surface area contributed by atoms with Crippen LogP contribution in [0.2, 0.25) is 10.0 Å². The maximum absolute atomic E-state index is 14.3. The number of halogens is 2.